The van der Waals surface area contributed by atoms with Crippen molar-refractivity contribution in [2.24, 2.45) is 11.8 Å². The Morgan fingerprint density at radius 1 is 1.22 bits per heavy atom. The van der Waals surface area contributed by atoms with Gasteiger partial charge in [0.1, 0.15) is 0 Å². The zero-order valence-corrected chi connectivity index (χ0v) is 11.7. The smallest absolute Gasteiger partial charge is 0.0574 e. The van der Waals surface area contributed by atoms with Gasteiger partial charge in [-0.3, -0.25) is 0 Å². The normalized spacial score (nSPS) is 27.7. The number of rotatable bonds is 4. The molecule has 1 nitrogen and oxygen atoms in total. The van der Waals surface area contributed by atoms with Crippen LogP contribution in [0.3, 0.4) is 0 Å². The second kappa shape index (κ2) is 6.38. The first kappa shape index (κ1) is 13.6. The summed E-state index contributed by atoms with van der Waals surface area (Å²) in [6.07, 6.45) is 5.85. The number of hydrogen-bond donors (Lipinski definition) is 1. The third-order valence-electron chi connectivity index (χ3n) is 4.48. The van der Waals surface area contributed by atoms with Crippen molar-refractivity contribution in [2.75, 3.05) is 0 Å². The van der Waals surface area contributed by atoms with Crippen LogP contribution in [0.1, 0.15) is 57.4 Å². The minimum Gasteiger partial charge on any atom is -0.393 e. The molecule has 0 aromatic heterocycles. The lowest BCUT2D eigenvalue weighted by atomic mass is 9.77. The first-order chi connectivity index (χ1) is 8.66. The number of aliphatic hydroxyl groups is 1. The van der Waals surface area contributed by atoms with Gasteiger partial charge in [0, 0.05) is 0 Å². The van der Waals surface area contributed by atoms with Gasteiger partial charge in [0.15, 0.2) is 0 Å². The SMILES string of the molecule is CC1CCCC(C(O)CC(C)c2ccccc2)C1. The molecule has 0 radical (unpaired) electrons. The van der Waals surface area contributed by atoms with Crippen LogP contribution in [0.4, 0.5) is 0 Å². The highest BCUT2D eigenvalue weighted by atomic mass is 16.3. The van der Waals surface area contributed by atoms with E-state index in [9.17, 15) is 5.11 Å². The van der Waals surface area contributed by atoms with Crippen LogP contribution in [-0.2, 0) is 0 Å². The van der Waals surface area contributed by atoms with E-state index in [4.69, 9.17) is 0 Å². The zero-order valence-electron chi connectivity index (χ0n) is 11.7. The molecule has 18 heavy (non-hydrogen) atoms. The Labute approximate surface area is 111 Å². The standard InChI is InChI=1S/C17H26O/c1-13-7-6-10-16(11-13)17(18)12-14(2)15-8-4-3-5-9-15/h3-5,8-9,13-14,16-18H,6-7,10-12H2,1-2H3. The molecule has 0 amide bonds. The quantitative estimate of drug-likeness (QED) is 0.836. The highest BCUT2D eigenvalue weighted by Gasteiger charge is 2.26. The first-order valence-electron chi connectivity index (χ1n) is 7.40. The molecular formula is C17H26O. The highest BCUT2D eigenvalue weighted by Crippen LogP contribution is 2.34. The van der Waals surface area contributed by atoms with Gasteiger partial charge in [-0.1, -0.05) is 57.0 Å². The van der Waals surface area contributed by atoms with Crippen LogP contribution in [0.15, 0.2) is 30.3 Å². The average Bonchev–Trinajstić information content (AvgIpc) is 2.39. The maximum atomic E-state index is 10.4. The molecule has 100 valence electrons. The summed E-state index contributed by atoms with van der Waals surface area (Å²) in [4.78, 5) is 0. The fourth-order valence-electron chi connectivity index (χ4n) is 3.30. The monoisotopic (exact) mass is 246 g/mol. The van der Waals surface area contributed by atoms with Crippen molar-refractivity contribution in [2.45, 2.75) is 58.0 Å². The minimum atomic E-state index is -0.122. The molecule has 4 atom stereocenters. The molecule has 0 spiro atoms. The molecule has 2 rings (SSSR count). The van der Waals surface area contributed by atoms with Gasteiger partial charge in [0.2, 0.25) is 0 Å². The third-order valence-corrected chi connectivity index (χ3v) is 4.48. The largest absolute Gasteiger partial charge is 0.393 e. The van der Waals surface area contributed by atoms with Crippen molar-refractivity contribution >= 4 is 0 Å². The van der Waals surface area contributed by atoms with Crippen molar-refractivity contribution in [3.63, 3.8) is 0 Å². The topological polar surface area (TPSA) is 20.2 Å². The summed E-state index contributed by atoms with van der Waals surface area (Å²) in [6.45, 7) is 4.55. The molecule has 1 heteroatoms. The Bertz CT molecular complexity index is 346. The van der Waals surface area contributed by atoms with Gasteiger partial charge >= 0.3 is 0 Å². The van der Waals surface area contributed by atoms with Crippen molar-refractivity contribution in [1.82, 2.24) is 0 Å². The fraction of sp³-hybridized carbons (Fsp3) is 0.647. The molecule has 0 bridgehead atoms. The average molecular weight is 246 g/mol. The summed E-state index contributed by atoms with van der Waals surface area (Å²) in [7, 11) is 0. The van der Waals surface area contributed by atoms with E-state index < -0.39 is 0 Å². The molecule has 0 heterocycles. The summed E-state index contributed by atoms with van der Waals surface area (Å²) in [6, 6.07) is 10.6. The van der Waals surface area contributed by atoms with Crippen LogP contribution in [0.25, 0.3) is 0 Å². The van der Waals surface area contributed by atoms with Crippen LogP contribution >= 0.6 is 0 Å². The zero-order chi connectivity index (χ0) is 13.0. The molecule has 1 aromatic carbocycles. The van der Waals surface area contributed by atoms with E-state index in [0.717, 1.165) is 12.3 Å². The molecule has 1 saturated carbocycles. The molecule has 0 aliphatic heterocycles. The van der Waals surface area contributed by atoms with Crippen LogP contribution in [0.5, 0.6) is 0 Å². The lowest BCUT2D eigenvalue weighted by Gasteiger charge is -2.31. The van der Waals surface area contributed by atoms with Crippen molar-refractivity contribution in [1.29, 1.82) is 0 Å². The van der Waals surface area contributed by atoms with Crippen molar-refractivity contribution < 1.29 is 5.11 Å². The Hall–Kier alpha value is -0.820. The fourth-order valence-corrected chi connectivity index (χ4v) is 3.30. The summed E-state index contributed by atoms with van der Waals surface area (Å²) < 4.78 is 0. The molecule has 1 N–H and O–H groups in total. The van der Waals surface area contributed by atoms with E-state index >= 15 is 0 Å². The van der Waals surface area contributed by atoms with Gasteiger partial charge in [0.25, 0.3) is 0 Å². The molecule has 0 saturated heterocycles. The van der Waals surface area contributed by atoms with E-state index in [1.807, 2.05) is 0 Å². The lowest BCUT2D eigenvalue weighted by Crippen LogP contribution is -2.27. The predicted molar refractivity (Wildman–Crippen MR) is 76.6 cm³/mol. The molecular weight excluding hydrogens is 220 g/mol. The van der Waals surface area contributed by atoms with Gasteiger partial charge in [-0.25, -0.2) is 0 Å². The van der Waals surface area contributed by atoms with Crippen LogP contribution in [0, 0.1) is 11.8 Å². The van der Waals surface area contributed by atoms with Gasteiger partial charge < -0.3 is 5.11 Å². The Kier molecular flexibility index (Phi) is 4.82. The van der Waals surface area contributed by atoms with E-state index in [-0.39, 0.29) is 6.10 Å². The number of hydrogen-bond acceptors (Lipinski definition) is 1. The molecule has 1 fully saturated rings. The van der Waals surface area contributed by atoms with Crippen molar-refractivity contribution in [3.05, 3.63) is 35.9 Å². The number of aliphatic hydroxyl groups excluding tert-OH is 1. The van der Waals surface area contributed by atoms with Gasteiger partial charge in [-0.15, -0.1) is 0 Å². The Morgan fingerprint density at radius 2 is 1.94 bits per heavy atom. The highest BCUT2D eigenvalue weighted by molar-refractivity contribution is 5.18. The predicted octanol–water partition coefficient (Wildman–Crippen LogP) is 4.37. The molecule has 1 aliphatic rings. The summed E-state index contributed by atoms with van der Waals surface area (Å²) in [5.41, 5.74) is 1.35. The van der Waals surface area contributed by atoms with E-state index in [1.54, 1.807) is 0 Å². The molecule has 1 aliphatic carbocycles. The van der Waals surface area contributed by atoms with E-state index in [0.29, 0.717) is 11.8 Å². The Balaban J connectivity index is 1.88. The molecule has 1 aromatic rings. The minimum absolute atomic E-state index is 0.122. The maximum absolute atomic E-state index is 10.4. The summed E-state index contributed by atoms with van der Waals surface area (Å²) in [5.74, 6) is 1.78. The second-order valence-electron chi connectivity index (χ2n) is 6.15. The van der Waals surface area contributed by atoms with Crippen molar-refractivity contribution in [3.8, 4) is 0 Å². The maximum Gasteiger partial charge on any atom is 0.0574 e. The van der Waals surface area contributed by atoms with Crippen LogP contribution in [-0.4, -0.2) is 11.2 Å². The Morgan fingerprint density at radius 3 is 2.61 bits per heavy atom. The lowest BCUT2D eigenvalue weighted by molar-refractivity contribution is 0.0602. The van der Waals surface area contributed by atoms with Crippen LogP contribution in [0.2, 0.25) is 0 Å². The van der Waals surface area contributed by atoms with Gasteiger partial charge in [-0.05, 0) is 42.6 Å². The van der Waals surface area contributed by atoms with Gasteiger partial charge in [0.05, 0.1) is 6.10 Å². The third kappa shape index (κ3) is 3.58. The first-order valence-corrected chi connectivity index (χ1v) is 7.40. The second-order valence-corrected chi connectivity index (χ2v) is 6.15. The summed E-state index contributed by atoms with van der Waals surface area (Å²) >= 11 is 0. The van der Waals surface area contributed by atoms with Crippen LogP contribution < -0.4 is 0 Å². The molecule has 4 unspecified atom stereocenters. The summed E-state index contributed by atoms with van der Waals surface area (Å²) in [5, 5.41) is 10.4. The van der Waals surface area contributed by atoms with E-state index in [2.05, 4.69) is 44.2 Å². The number of benzene rings is 1. The van der Waals surface area contributed by atoms with Gasteiger partial charge in [-0.2, -0.15) is 0 Å². The van der Waals surface area contributed by atoms with E-state index in [1.165, 1.54) is 31.2 Å².